The molecule has 1 heterocycles. The van der Waals surface area contributed by atoms with Gasteiger partial charge in [-0.1, -0.05) is 11.6 Å². The quantitative estimate of drug-likeness (QED) is 0.917. The van der Waals surface area contributed by atoms with Crippen LogP contribution in [0.25, 0.3) is 0 Å². The first-order valence-electron chi connectivity index (χ1n) is 6.04. The van der Waals surface area contributed by atoms with E-state index in [-0.39, 0.29) is 16.7 Å². The summed E-state index contributed by atoms with van der Waals surface area (Å²) >= 11 is 5.85. The lowest BCUT2D eigenvalue weighted by atomic mass is 10.1. The molecule has 0 saturated carbocycles. The fraction of sp³-hybridized carbons (Fsp3) is 0.500. The molecule has 1 saturated heterocycles. The van der Waals surface area contributed by atoms with Crippen molar-refractivity contribution in [3.63, 3.8) is 0 Å². The van der Waals surface area contributed by atoms with Crippen LogP contribution >= 0.6 is 11.6 Å². The zero-order chi connectivity index (χ0) is 14.0. The van der Waals surface area contributed by atoms with Crippen molar-refractivity contribution >= 4 is 21.6 Å². The van der Waals surface area contributed by atoms with Gasteiger partial charge in [0.15, 0.2) is 0 Å². The van der Waals surface area contributed by atoms with Crippen molar-refractivity contribution in [1.82, 2.24) is 4.31 Å². The minimum Gasteiger partial charge on any atom is -0.495 e. The summed E-state index contributed by atoms with van der Waals surface area (Å²) in [6.07, 6.45) is 1.63. The average Bonchev–Trinajstić information content (AvgIpc) is 2.38. The normalized spacial score (nSPS) is 21.3. The van der Waals surface area contributed by atoms with Crippen molar-refractivity contribution in [3.05, 3.63) is 23.2 Å². The number of sulfonamides is 1. The van der Waals surface area contributed by atoms with Crippen LogP contribution in [0.5, 0.6) is 5.75 Å². The van der Waals surface area contributed by atoms with Crippen LogP contribution in [0.3, 0.4) is 0 Å². The zero-order valence-corrected chi connectivity index (χ0v) is 12.2. The molecule has 1 aliphatic rings. The van der Waals surface area contributed by atoms with Gasteiger partial charge in [-0.25, -0.2) is 8.42 Å². The number of nitrogens with zero attached hydrogens (tertiary/aromatic N) is 1. The van der Waals surface area contributed by atoms with Crippen LogP contribution < -0.4 is 10.5 Å². The maximum atomic E-state index is 12.6. The Balaban J connectivity index is 2.39. The summed E-state index contributed by atoms with van der Waals surface area (Å²) in [6.45, 7) is 0.829. The van der Waals surface area contributed by atoms with Crippen molar-refractivity contribution in [2.75, 3.05) is 20.2 Å². The van der Waals surface area contributed by atoms with Crippen molar-refractivity contribution in [1.29, 1.82) is 0 Å². The molecule has 7 heteroatoms. The minimum atomic E-state index is -3.58. The highest BCUT2D eigenvalue weighted by Gasteiger charge is 2.31. The van der Waals surface area contributed by atoms with E-state index in [1.165, 1.54) is 23.5 Å². The van der Waals surface area contributed by atoms with Gasteiger partial charge < -0.3 is 10.5 Å². The predicted octanol–water partition coefficient (Wildman–Crippen LogP) is 1.46. The summed E-state index contributed by atoms with van der Waals surface area (Å²) in [5, 5.41) is 0.436. The number of hydrogen-bond acceptors (Lipinski definition) is 4. The van der Waals surface area contributed by atoms with Gasteiger partial charge in [-0.3, -0.25) is 0 Å². The fourth-order valence-electron chi connectivity index (χ4n) is 2.19. The van der Waals surface area contributed by atoms with E-state index in [2.05, 4.69) is 0 Å². The molecule has 0 bridgehead atoms. The molecule has 1 aromatic rings. The van der Waals surface area contributed by atoms with Gasteiger partial charge in [0.1, 0.15) is 10.6 Å². The first kappa shape index (κ1) is 14.6. The van der Waals surface area contributed by atoms with Crippen molar-refractivity contribution in [3.8, 4) is 5.75 Å². The molecule has 2 N–H and O–H groups in total. The van der Waals surface area contributed by atoms with E-state index in [4.69, 9.17) is 22.1 Å². The van der Waals surface area contributed by atoms with E-state index in [9.17, 15) is 8.42 Å². The lowest BCUT2D eigenvalue weighted by Crippen LogP contribution is -2.45. The molecule has 106 valence electrons. The molecule has 1 unspecified atom stereocenters. The number of ether oxygens (including phenoxy) is 1. The third-order valence-electron chi connectivity index (χ3n) is 3.16. The maximum Gasteiger partial charge on any atom is 0.246 e. The summed E-state index contributed by atoms with van der Waals surface area (Å²) in [4.78, 5) is 0.133. The number of benzene rings is 1. The summed E-state index contributed by atoms with van der Waals surface area (Å²) in [5.74, 6) is 0.256. The number of rotatable bonds is 3. The van der Waals surface area contributed by atoms with Crippen LogP contribution in [0.4, 0.5) is 0 Å². The van der Waals surface area contributed by atoms with Gasteiger partial charge in [0.2, 0.25) is 10.0 Å². The van der Waals surface area contributed by atoms with Crippen molar-refractivity contribution < 1.29 is 13.2 Å². The van der Waals surface area contributed by atoms with E-state index in [1.807, 2.05) is 0 Å². The van der Waals surface area contributed by atoms with Crippen molar-refractivity contribution in [2.24, 2.45) is 5.73 Å². The Morgan fingerprint density at radius 1 is 1.47 bits per heavy atom. The molecule has 1 atom stereocenters. The largest absolute Gasteiger partial charge is 0.495 e. The van der Waals surface area contributed by atoms with Gasteiger partial charge in [0.05, 0.1) is 7.11 Å². The molecule has 0 aromatic heterocycles. The first-order chi connectivity index (χ1) is 8.95. The standard InChI is InChI=1S/C12H17ClN2O3S/c1-18-11-7-9(13)4-5-12(11)19(16,17)15-6-2-3-10(14)8-15/h4-5,7,10H,2-3,6,8,14H2,1H3. The van der Waals surface area contributed by atoms with Crippen LogP contribution in [-0.4, -0.2) is 39.0 Å². The smallest absolute Gasteiger partial charge is 0.246 e. The highest BCUT2D eigenvalue weighted by atomic mass is 35.5. The Morgan fingerprint density at radius 2 is 2.21 bits per heavy atom. The summed E-state index contributed by atoms with van der Waals surface area (Å²) in [6, 6.07) is 4.40. The molecule has 0 amide bonds. The number of nitrogens with two attached hydrogens (primary N) is 1. The molecule has 2 rings (SSSR count). The first-order valence-corrected chi connectivity index (χ1v) is 7.86. The van der Waals surface area contributed by atoms with E-state index < -0.39 is 10.0 Å². The highest BCUT2D eigenvalue weighted by Crippen LogP contribution is 2.30. The third kappa shape index (κ3) is 3.02. The van der Waals surface area contributed by atoms with E-state index >= 15 is 0 Å². The van der Waals surface area contributed by atoms with Crippen LogP contribution in [-0.2, 0) is 10.0 Å². The average molecular weight is 305 g/mol. The Bertz CT molecular complexity index is 562. The van der Waals surface area contributed by atoms with Gasteiger partial charge in [0, 0.05) is 30.2 Å². The predicted molar refractivity (Wildman–Crippen MR) is 74.0 cm³/mol. The molecule has 1 aromatic carbocycles. The maximum absolute atomic E-state index is 12.6. The SMILES string of the molecule is COc1cc(Cl)ccc1S(=O)(=O)N1CCCC(N)C1. The number of piperidine rings is 1. The Labute approximate surface area is 118 Å². The lowest BCUT2D eigenvalue weighted by Gasteiger charge is -2.30. The Hall–Kier alpha value is -0.820. The van der Waals surface area contributed by atoms with Gasteiger partial charge in [-0.2, -0.15) is 4.31 Å². The van der Waals surface area contributed by atoms with Gasteiger partial charge in [-0.05, 0) is 25.0 Å². The van der Waals surface area contributed by atoms with Crippen LogP contribution in [0, 0.1) is 0 Å². The fourth-order valence-corrected chi connectivity index (χ4v) is 4.02. The molecule has 0 radical (unpaired) electrons. The van der Waals surface area contributed by atoms with Crippen LogP contribution in [0.2, 0.25) is 5.02 Å². The second-order valence-corrected chi connectivity index (χ2v) is 6.90. The monoisotopic (exact) mass is 304 g/mol. The van der Waals surface area contributed by atoms with Gasteiger partial charge in [-0.15, -0.1) is 0 Å². The molecular weight excluding hydrogens is 288 g/mol. The number of hydrogen-bond donors (Lipinski definition) is 1. The molecular formula is C12H17ClN2O3S. The number of halogens is 1. The molecule has 1 aliphatic heterocycles. The van der Waals surface area contributed by atoms with Gasteiger partial charge in [0.25, 0.3) is 0 Å². The van der Waals surface area contributed by atoms with Crippen LogP contribution in [0.15, 0.2) is 23.1 Å². The van der Waals surface area contributed by atoms with Crippen LogP contribution in [0.1, 0.15) is 12.8 Å². The Morgan fingerprint density at radius 3 is 2.84 bits per heavy atom. The topological polar surface area (TPSA) is 72.6 Å². The lowest BCUT2D eigenvalue weighted by molar-refractivity contribution is 0.314. The highest BCUT2D eigenvalue weighted by molar-refractivity contribution is 7.89. The second-order valence-electron chi connectivity index (χ2n) is 4.56. The third-order valence-corrected chi connectivity index (χ3v) is 5.30. The minimum absolute atomic E-state index is 0.109. The molecule has 1 fully saturated rings. The molecule has 5 nitrogen and oxygen atoms in total. The zero-order valence-electron chi connectivity index (χ0n) is 10.7. The Kier molecular flexibility index (Phi) is 4.35. The van der Waals surface area contributed by atoms with Crippen molar-refractivity contribution in [2.45, 2.75) is 23.8 Å². The summed E-state index contributed by atoms with van der Waals surface area (Å²) in [7, 11) is -2.16. The second kappa shape index (κ2) is 5.66. The number of methoxy groups -OCH3 is 1. The molecule has 0 spiro atoms. The molecule has 0 aliphatic carbocycles. The summed E-state index contributed by atoms with van der Waals surface area (Å²) < 4.78 is 31.7. The van der Waals surface area contributed by atoms with E-state index in [0.717, 1.165) is 12.8 Å². The van der Waals surface area contributed by atoms with E-state index in [0.29, 0.717) is 18.1 Å². The molecule has 19 heavy (non-hydrogen) atoms. The van der Waals surface area contributed by atoms with Gasteiger partial charge >= 0.3 is 0 Å². The van der Waals surface area contributed by atoms with E-state index in [1.54, 1.807) is 6.07 Å². The summed E-state index contributed by atoms with van der Waals surface area (Å²) in [5.41, 5.74) is 5.84.